The average Bonchev–Trinajstić information content (AvgIpc) is 2.23. The Morgan fingerprint density at radius 1 is 1.50 bits per heavy atom. The quantitative estimate of drug-likeness (QED) is 0.796. The molecule has 0 aliphatic heterocycles. The third kappa shape index (κ3) is 3.46. The second-order valence-corrected chi connectivity index (χ2v) is 5.19. The van der Waals surface area contributed by atoms with Crippen LogP contribution < -0.4 is 5.32 Å². The summed E-state index contributed by atoms with van der Waals surface area (Å²) in [7, 11) is 0. The Morgan fingerprint density at radius 2 is 2.31 bits per heavy atom. The monoisotopic (exact) mass is 238 g/mol. The first-order valence-electron chi connectivity index (χ1n) is 6.08. The number of halogens is 1. The number of pyridine rings is 1. The fourth-order valence-corrected chi connectivity index (χ4v) is 2.23. The van der Waals surface area contributed by atoms with Gasteiger partial charge in [0.15, 0.2) is 0 Å². The van der Waals surface area contributed by atoms with Crippen LogP contribution in [0.1, 0.15) is 38.2 Å². The summed E-state index contributed by atoms with van der Waals surface area (Å²) in [5, 5.41) is 4.10. The first-order chi connectivity index (χ1) is 7.74. The van der Waals surface area contributed by atoms with E-state index in [9.17, 15) is 0 Å². The van der Waals surface area contributed by atoms with Crippen molar-refractivity contribution in [2.45, 2.75) is 45.2 Å². The Labute approximate surface area is 102 Å². The third-order valence-corrected chi connectivity index (χ3v) is 3.58. The van der Waals surface area contributed by atoms with E-state index in [1.165, 1.54) is 31.2 Å². The molecule has 1 fully saturated rings. The topological polar surface area (TPSA) is 24.9 Å². The average molecular weight is 239 g/mol. The van der Waals surface area contributed by atoms with Crippen molar-refractivity contribution >= 4 is 11.6 Å². The second-order valence-electron chi connectivity index (χ2n) is 4.80. The van der Waals surface area contributed by atoms with Gasteiger partial charge in [-0.25, -0.2) is 4.98 Å². The Bertz CT molecular complexity index is 319. The summed E-state index contributed by atoms with van der Waals surface area (Å²) in [5.41, 5.74) is 1.20. The lowest BCUT2D eigenvalue weighted by atomic mass is 9.81. The summed E-state index contributed by atoms with van der Waals surface area (Å²) in [6.07, 6.45) is 7.42. The summed E-state index contributed by atoms with van der Waals surface area (Å²) in [4.78, 5) is 4.07. The highest BCUT2D eigenvalue weighted by Gasteiger charge is 2.19. The highest BCUT2D eigenvalue weighted by Crippen LogP contribution is 2.30. The molecule has 1 aromatic rings. The van der Waals surface area contributed by atoms with E-state index < -0.39 is 0 Å². The zero-order valence-corrected chi connectivity index (χ0v) is 10.5. The molecule has 2 nitrogen and oxygen atoms in total. The van der Waals surface area contributed by atoms with Crippen LogP contribution in [0.4, 0.5) is 0 Å². The zero-order chi connectivity index (χ0) is 11.4. The van der Waals surface area contributed by atoms with Gasteiger partial charge in [0.1, 0.15) is 5.15 Å². The molecular weight excluding hydrogens is 220 g/mol. The minimum absolute atomic E-state index is 0.561. The summed E-state index contributed by atoms with van der Waals surface area (Å²) in [5.74, 6) is 0.964. The minimum atomic E-state index is 0.561. The van der Waals surface area contributed by atoms with E-state index in [0.717, 1.165) is 12.5 Å². The van der Waals surface area contributed by atoms with Crippen molar-refractivity contribution in [1.82, 2.24) is 10.3 Å². The van der Waals surface area contributed by atoms with Gasteiger partial charge in [0.05, 0.1) is 0 Å². The standard InChI is InChI=1S/C13H19ClN2/c1-10(7-11-3-2-4-11)15-8-12-5-6-13(14)16-9-12/h5-6,9-11,15H,2-4,7-8H2,1H3. The summed E-state index contributed by atoms with van der Waals surface area (Å²) >= 11 is 5.74. The van der Waals surface area contributed by atoms with Crippen LogP contribution in [0, 0.1) is 5.92 Å². The number of nitrogens with zero attached hydrogens (tertiary/aromatic N) is 1. The van der Waals surface area contributed by atoms with Gasteiger partial charge >= 0.3 is 0 Å². The molecule has 1 aromatic heterocycles. The summed E-state index contributed by atoms with van der Waals surface area (Å²) in [6.45, 7) is 3.15. The zero-order valence-electron chi connectivity index (χ0n) is 9.75. The van der Waals surface area contributed by atoms with Crippen molar-refractivity contribution in [2.24, 2.45) is 5.92 Å². The predicted octanol–water partition coefficient (Wildman–Crippen LogP) is 3.40. The molecule has 0 radical (unpaired) electrons. The van der Waals surface area contributed by atoms with Gasteiger partial charge in [-0.05, 0) is 30.9 Å². The van der Waals surface area contributed by atoms with Crippen LogP contribution in [0.2, 0.25) is 5.15 Å². The van der Waals surface area contributed by atoms with Gasteiger partial charge in [-0.2, -0.15) is 0 Å². The SMILES string of the molecule is CC(CC1CCC1)NCc1ccc(Cl)nc1. The van der Waals surface area contributed by atoms with Crippen molar-refractivity contribution in [3.63, 3.8) is 0 Å². The number of rotatable bonds is 5. The Kier molecular flexibility index (Phi) is 4.19. The fourth-order valence-electron chi connectivity index (χ4n) is 2.11. The van der Waals surface area contributed by atoms with Gasteiger partial charge < -0.3 is 5.32 Å². The van der Waals surface area contributed by atoms with E-state index in [0.29, 0.717) is 11.2 Å². The number of hydrogen-bond donors (Lipinski definition) is 1. The maximum absolute atomic E-state index is 5.74. The molecule has 1 atom stereocenters. The molecule has 16 heavy (non-hydrogen) atoms. The molecule has 0 saturated heterocycles. The van der Waals surface area contributed by atoms with Crippen molar-refractivity contribution in [2.75, 3.05) is 0 Å². The Balaban J connectivity index is 1.71. The lowest BCUT2D eigenvalue weighted by molar-refractivity contribution is 0.265. The van der Waals surface area contributed by atoms with E-state index in [2.05, 4.69) is 17.2 Å². The van der Waals surface area contributed by atoms with E-state index in [-0.39, 0.29) is 0 Å². The van der Waals surface area contributed by atoms with E-state index >= 15 is 0 Å². The first kappa shape index (κ1) is 11.9. The maximum atomic E-state index is 5.74. The molecular formula is C13H19ClN2. The largest absolute Gasteiger partial charge is 0.310 e. The Morgan fingerprint density at radius 3 is 2.88 bits per heavy atom. The van der Waals surface area contributed by atoms with E-state index in [1.807, 2.05) is 18.3 Å². The number of nitrogens with one attached hydrogen (secondary N) is 1. The lowest BCUT2D eigenvalue weighted by Gasteiger charge is -2.28. The van der Waals surface area contributed by atoms with Crippen LogP contribution in [0.5, 0.6) is 0 Å². The van der Waals surface area contributed by atoms with Crippen molar-refractivity contribution < 1.29 is 0 Å². The molecule has 2 rings (SSSR count). The summed E-state index contributed by atoms with van der Waals surface area (Å²) in [6, 6.07) is 4.47. The van der Waals surface area contributed by atoms with Crippen molar-refractivity contribution in [1.29, 1.82) is 0 Å². The molecule has 1 N–H and O–H groups in total. The van der Waals surface area contributed by atoms with Crippen LogP contribution in [0.3, 0.4) is 0 Å². The molecule has 88 valence electrons. The molecule has 0 spiro atoms. The smallest absolute Gasteiger partial charge is 0.129 e. The number of hydrogen-bond acceptors (Lipinski definition) is 2. The van der Waals surface area contributed by atoms with Crippen LogP contribution in [0.15, 0.2) is 18.3 Å². The number of aromatic nitrogens is 1. The predicted molar refractivity (Wildman–Crippen MR) is 67.5 cm³/mol. The highest BCUT2D eigenvalue weighted by atomic mass is 35.5. The molecule has 0 bridgehead atoms. The van der Waals surface area contributed by atoms with Gasteiger partial charge in [-0.1, -0.05) is 36.9 Å². The summed E-state index contributed by atoms with van der Waals surface area (Å²) < 4.78 is 0. The van der Waals surface area contributed by atoms with Crippen LogP contribution in [0.25, 0.3) is 0 Å². The first-order valence-corrected chi connectivity index (χ1v) is 6.45. The van der Waals surface area contributed by atoms with Crippen LogP contribution in [-0.2, 0) is 6.54 Å². The van der Waals surface area contributed by atoms with Gasteiger partial charge in [0, 0.05) is 18.8 Å². The molecule has 0 amide bonds. The van der Waals surface area contributed by atoms with Crippen molar-refractivity contribution in [3.05, 3.63) is 29.0 Å². The maximum Gasteiger partial charge on any atom is 0.129 e. The van der Waals surface area contributed by atoms with E-state index in [1.54, 1.807) is 0 Å². The molecule has 3 heteroatoms. The second kappa shape index (κ2) is 5.65. The van der Waals surface area contributed by atoms with E-state index in [4.69, 9.17) is 11.6 Å². The van der Waals surface area contributed by atoms with Crippen LogP contribution >= 0.6 is 11.6 Å². The molecule has 1 saturated carbocycles. The van der Waals surface area contributed by atoms with Crippen LogP contribution in [-0.4, -0.2) is 11.0 Å². The fraction of sp³-hybridized carbons (Fsp3) is 0.615. The molecule has 1 aliphatic rings. The molecule has 1 unspecified atom stereocenters. The molecule has 0 aromatic carbocycles. The van der Waals surface area contributed by atoms with Crippen molar-refractivity contribution in [3.8, 4) is 0 Å². The highest BCUT2D eigenvalue weighted by molar-refractivity contribution is 6.29. The lowest BCUT2D eigenvalue weighted by Crippen LogP contribution is -2.29. The molecule has 1 aliphatic carbocycles. The molecule has 1 heterocycles. The van der Waals surface area contributed by atoms with Gasteiger partial charge in [0.25, 0.3) is 0 Å². The van der Waals surface area contributed by atoms with Gasteiger partial charge in [0.2, 0.25) is 0 Å². The normalized spacial score (nSPS) is 18.1. The van der Waals surface area contributed by atoms with Gasteiger partial charge in [-0.15, -0.1) is 0 Å². The van der Waals surface area contributed by atoms with Gasteiger partial charge in [-0.3, -0.25) is 0 Å². The Hall–Kier alpha value is -0.600. The minimum Gasteiger partial charge on any atom is -0.310 e. The third-order valence-electron chi connectivity index (χ3n) is 3.35.